The molecule has 2 amide bonds. The summed E-state index contributed by atoms with van der Waals surface area (Å²) in [6, 6.07) is -0.532. The second kappa shape index (κ2) is 5.33. The number of primary amides is 2. The highest BCUT2D eigenvalue weighted by Crippen LogP contribution is 1.99. The molecule has 0 heterocycles. The first-order valence-electron chi connectivity index (χ1n) is 4.15. The third-order valence-corrected chi connectivity index (χ3v) is 1.85. The van der Waals surface area contributed by atoms with Gasteiger partial charge in [-0.05, 0) is 13.8 Å². The van der Waals surface area contributed by atoms with Gasteiger partial charge < -0.3 is 11.5 Å². The smallest absolute Gasteiger partial charge is 0.231 e. The van der Waals surface area contributed by atoms with Crippen LogP contribution in [0.2, 0.25) is 0 Å². The van der Waals surface area contributed by atoms with Crippen molar-refractivity contribution in [3.8, 4) is 0 Å². The zero-order valence-electron chi connectivity index (χ0n) is 8.32. The minimum absolute atomic E-state index is 0.146. The number of amides is 2. The monoisotopic (exact) mass is 201 g/mol. The Morgan fingerprint density at radius 2 is 1.50 bits per heavy atom. The van der Waals surface area contributed by atoms with Gasteiger partial charge in [-0.15, -0.1) is 0 Å². The minimum atomic E-state index is -0.598. The maximum absolute atomic E-state index is 11.0. The number of ketones is 1. The zero-order chi connectivity index (χ0) is 11.3. The largest absolute Gasteiger partial charge is 0.369 e. The van der Waals surface area contributed by atoms with E-state index in [2.05, 4.69) is 0 Å². The third-order valence-electron chi connectivity index (χ3n) is 1.85. The summed E-state index contributed by atoms with van der Waals surface area (Å²) in [4.78, 5) is 33.6. The van der Waals surface area contributed by atoms with Crippen LogP contribution in [0.15, 0.2) is 0 Å². The van der Waals surface area contributed by atoms with E-state index in [-0.39, 0.29) is 18.9 Å². The summed E-state index contributed by atoms with van der Waals surface area (Å²) in [6.07, 6.45) is 0. The topological polar surface area (TPSA) is 106 Å². The summed E-state index contributed by atoms with van der Waals surface area (Å²) >= 11 is 0. The van der Waals surface area contributed by atoms with Gasteiger partial charge in [-0.2, -0.15) is 0 Å². The molecule has 6 heteroatoms. The fourth-order valence-electron chi connectivity index (χ4n) is 0.987. The first-order chi connectivity index (χ1) is 6.34. The molecule has 0 saturated carbocycles. The van der Waals surface area contributed by atoms with Crippen LogP contribution in [0.3, 0.4) is 0 Å². The number of hydrogen-bond donors (Lipinski definition) is 2. The van der Waals surface area contributed by atoms with E-state index in [9.17, 15) is 14.4 Å². The lowest BCUT2D eigenvalue weighted by atomic mass is 10.2. The Labute approximate surface area is 82.2 Å². The molecule has 4 N–H and O–H groups in total. The number of nitrogens with two attached hydrogens (primary N) is 2. The maximum atomic E-state index is 11.0. The average molecular weight is 201 g/mol. The molecule has 0 aromatic heterocycles. The van der Waals surface area contributed by atoms with E-state index in [1.54, 1.807) is 6.92 Å². The Hall–Kier alpha value is -1.43. The first kappa shape index (κ1) is 12.6. The molecule has 0 radical (unpaired) electrons. The Morgan fingerprint density at radius 1 is 1.14 bits per heavy atom. The van der Waals surface area contributed by atoms with Crippen molar-refractivity contribution in [3.63, 3.8) is 0 Å². The van der Waals surface area contributed by atoms with Crippen LogP contribution in [0.25, 0.3) is 0 Å². The minimum Gasteiger partial charge on any atom is -0.369 e. The highest BCUT2D eigenvalue weighted by Gasteiger charge is 2.20. The first-order valence-corrected chi connectivity index (χ1v) is 4.15. The molecule has 0 rings (SSSR count). The van der Waals surface area contributed by atoms with Gasteiger partial charge in [0.2, 0.25) is 11.8 Å². The second-order valence-corrected chi connectivity index (χ2v) is 3.12. The van der Waals surface area contributed by atoms with Crippen LogP contribution in [0.5, 0.6) is 0 Å². The number of carbonyl (C=O) groups is 3. The van der Waals surface area contributed by atoms with Crippen molar-refractivity contribution in [3.05, 3.63) is 0 Å². The summed E-state index contributed by atoms with van der Waals surface area (Å²) in [5, 5.41) is 0. The fourth-order valence-corrected chi connectivity index (χ4v) is 0.987. The van der Waals surface area contributed by atoms with Crippen molar-refractivity contribution in [2.45, 2.75) is 19.9 Å². The van der Waals surface area contributed by atoms with Gasteiger partial charge >= 0.3 is 0 Å². The number of rotatable bonds is 6. The van der Waals surface area contributed by atoms with Gasteiger partial charge in [0, 0.05) is 0 Å². The van der Waals surface area contributed by atoms with Crippen LogP contribution < -0.4 is 11.5 Å². The van der Waals surface area contributed by atoms with E-state index in [1.165, 1.54) is 11.8 Å². The summed E-state index contributed by atoms with van der Waals surface area (Å²) in [5.41, 5.74) is 9.93. The number of nitrogens with zero attached hydrogens (tertiary/aromatic N) is 1. The quantitative estimate of drug-likeness (QED) is 0.530. The molecule has 0 spiro atoms. The standard InChI is InChI=1S/C8H15N3O3/c1-5(6(2)12)11(3-7(9)13)4-8(10)14/h5H,3-4H2,1-2H3,(H2,9,13)(H2,10,14). The van der Waals surface area contributed by atoms with Gasteiger partial charge in [-0.25, -0.2) is 0 Å². The van der Waals surface area contributed by atoms with Crippen molar-refractivity contribution in [1.82, 2.24) is 4.90 Å². The summed E-state index contributed by atoms with van der Waals surface area (Å²) in [7, 11) is 0. The van der Waals surface area contributed by atoms with Crippen LogP contribution in [0, 0.1) is 0 Å². The van der Waals surface area contributed by atoms with Crippen LogP contribution in [0.1, 0.15) is 13.8 Å². The van der Waals surface area contributed by atoms with Crippen LogP contribution in [-0.2, 0) is 14.4 Å². The lowest BCUT2D eigenvalue weighted by Gasteiger charge is -2.24. The van der Waals surface area contributed by atoms with E-state index >= 15 is 0 Å². The molecule has 0 aromatic rings. The third kappa shape index (κ3) is 4.56. The Morgan fingerprint density at radius 3 is 1.71 bits per heavy atom. The number of Topliss-reactive ketones (excluding diaryl/α,β-unsaturated/α-hetero) is 1. The van der Waals surface area contributed by atoms with Gasteiger partial charge in [-0.1, -0.05) is 0 Å². The van der Waals surface area contributed by atoms with E-state index in [4.69, 9.17) is 11.5 Å². The van der Waals surface area contributed by atoms with Gasteiger partial charge in [-0.3, -0.25) is 19.3 Å². The number of carbonyl (C=O) groups excluding carboxylic acids is 3. The van der Waals surface area contributed by atoms with Crippen LogP contribution in [0.4, 0.5) is 0 Å². The van der Waals surface area contributed by atoms with Crippen LogP contribution in [-0.4, -0.2) is 41.6 Å². The molecule has 6 nitrogen and oxygen atoms in total. The molecule has 0 bridgehead atoms. The van der Waals surface area contributed by atoms with E-state index < -0.39 is 17.9 Å². The SMILES string of the molecule is CC(=O)C(C)N(CC(N)=O)CC(N)=O. The lowest BCUT2D eigenvalue weighted by Crippen LogP contribution is -2.47. The van der Waals surface area contributed by atoms with E-state index in [0.717, 1.165) is 0 Å². The molecular weight excluding hydrogens is 186 g/mol. The summed E-state index contributed by atoms with van der Waals surface area (Å²) in [6.45, 7) is 2.67. The van der Waals surface area contributed by atoms with Crippen molar-refractivity contribution in [1.29, 1.82) is 0 Å². The molecule has 1 atom stereocenters. The molecular formula is C8H15N3O3. The predicted octanol–water partition coefficient (Wildman–Crippen LogP) is -1.76. The summed E-state index contributed by atoms with van der Waals surface area (Å²) in [5.74, 6) is -1.34. The van der Waals surface area contributed by atoms with Crippen molar-refractivity contribution in [2.75, 3.05) is 13.1 Å². The lowest BCUT2D eigenvalue weighted by molar-refractivity contribution is -0.126. The molecule has 0 aliphatic heterocycles. The highest BCUT2D eigenvalue weighted by molar-refractivity contribution is 5.84. The molecule has 0 aromatic carbocycles. The fraction of sp³-hybridized carbons (Fsp3) is 0.625. The Kier molecular flexibility index (Phi) is 4.79. The van der Waals surface area contributed by atoms with E-state index in [0.29, 0.717) is 0 Å². The number of hydrogen-bond acceptors (Lipinski definition) is 4. The normalized spacial score (nSPS) is 12.5. The van der Waals surface area contributed by atoms with Crippen molar-refractivity contribution >= 4 is 17.6 Å². The predicted molar refractivity (Wildman–Crippen MR) is 50.1 cm³/mol. The van der Waals surface area contributed by atoms with Crippen molar-refractivity contribution in [2.24, 2.45) is 11.5 Å². The maximum Gasteiger partial charge on any atom is 0.231 e. The second-order valence-electron chi connectivity index (χ2n) is 3.12. The molecule has 1 unspecified atom stereocenters. The molecule has 0 saturated heterocycles. The summed E-state index contributed by atoms with van der Waals surface area (Å²) < 4.78 is 0. The Balaban J connectivity index is 4.45. The molecule has 14 heavy (non-hydrogen) atoms. The molecule has 0 aliphatic rings. The van der Waals surface area contributed by atoms with Gasteiger partial charge in [0.25, 0.3) is 0 Å². The van der Waals surface area contributed by atoms with Crippen molar-refractivity contribution < 1.29 is 14.4 Å². The molecule has 0 fully saturated rings. The van der Waals surface area contributed by atoms with Gasteiger partial charge in [0.15, 0.2) is 0 Å². The zero-order valence-corrected chi connectivity index (χ0v) is 8.32. The Bertz CT molecular complexity index is 236. The van der Waals surface area contributed by atoms with Gasteiger partial charge in [0.05, 0.1) is 19.1 Å². The van der Waals surface area contributed by atoms with E-state index in [1.807, 2.05) is 0 Å². The van der Waals surface area contributed by atoms with Crippen LogP contribution >= 0.6 is 0 Å². The molecule has 0 aliphatic carbocycles. The molecule has 80 valence electrons. The average Bonchev–Trinajstić information content (AvgIpc) is 1.99. The highest BCUT2D eigenvalue weighted by atomic mass is 16.2. The van der Waals surface area contributed by atoms with Gasteiger partial charge in [0.1, 0.15) is 5.78 Å².